The van der Waals surface area contributed by atoms with Crippen LogP contribution in [0.3, 0.4) is 0 Å². The molecular formula is C38H50O10. The summed E-state index contributed by atoms with van der Waals surface area (Å²) in [5.74, 6) is 3.23. The van der Waals surface area contributed by atoms with E-state index in [2.05, 4.69) is 27.7 Å². The largest absolute Gasteiger partial charge is 0.495 e. The van der Waals surface area contributed by atoms with Gasteiger partial charge in [-0.2, -0.15) is 0 Å². The smallest absolute Gasteiger partial charge is 0.167 e. The Kier molecular flexibility index (Phi) is 11.9. The maximum atomic E-state index is 11.0. The fourth-order valence-electron chi connectivity index (χ4n) is 7.19. The van der Waals surface area contributed by atoms with Gasteiger partial charge in [-0.1, -0.05) is 27.7 Å². The average molecular weight is 667 g/mol. The first-order chi connectivity index (χ1) is 23.1. The molecule has 0 aromatic heterocycles. The maximum absolute atomic E-state index is 11.0. The van der Waals surface area contributed by atoms with Gasteiger partial charge in [-0.3, -0.25) is 0 Å². The monoisotopic (exact) mass is 666 g/mol. The van der Waals surface area contributed by atoms with Crippen LogP contribution in [0.2, 0.25) is 0 Å². The minimum Gasteiger partial charge on any atom is -0.495 e. The van der Waals surface area contributed by atoms with Gasteiger partial charge < -0.3 is 48.1 Å². The molecule has 0 atom stereocenters. The first-order valence-electron chi connectivity index (χ1n) is 15.9. The molecule has 10 heteroatoms. The Morgan fingerprint density at radius 1 is 0.479 bits per heavy atom. The first-order valence-corrected chi connectivity index (χ1v) is 15.9. The summed E-state index contributed by atoms with van der Waals surface area (Å²) in [5, 5.41) is 25.2. The van der Waals surface area contributed by atoms with E-state index in [4.69, 9.17) is 37.9 Å². The van der Waals surface area contributed by atoms with E-state index in [0.717, 1.165) is 43.8 Å². The standard InChI is InChI=1S/C38H50O10/c1-19(2)27-23-13-21(15-39)29(35(45-9)31(23)25(17-41-5)33(43-7)37(27)47-11)30-22(16-40)14-24-28(20(3)4)38(48-12)34(44-8)26(18-42-6)32(24)36(30)46-10/h13-14,19-20,39-40H,15-18H2,1-12H3. The second-order valence-electron chi connectivity index (χ2n) is 12.1. The number of benzene rings is 4. The van der Waals surface area contributed by atoms with Crippen molar-refractivity contribution in [3.63, 3.8) is 0 Å². The quantitative estimate of drug-likeness (QED) is 0.135. The molecule has 0 heterocycles. The lowest BCUT2D eigenvalue weighted by Crippen LogP contribution is -2.09. The van der Waals surface area contributed by atoms with Gasteiger partial charge >= 0.3 is 0 Å². The Labute approximate surface area is 283 Å². The van der Waals surface area contributed by atoms with Crippen LogP contribution in [0.1, 0.15) is 72.9 Å². The highest BCUT2D eigenvalue weighted by molar-refractivity contribution is 6.08. The van der Waals surface area contributed by atoms with Gasteiger partial charge in [0.2, 0.25) is 0 Å². The minimum absolute atomic E-state index is 0.0201. The Morgan fingerprint density at radius 2 is 0.792 bits per heavy atom. The van der Waals surface area contributed by atoms with Gasteiger partial charge in [0.15, 0.2) is 23.0 Å². The summed E-state index contributed by atoms with van der Waals surface area (Å²) in [5.41, 5.74) is 5.52. The second kappa shape index (κ2) is 15.5. The van der Waals surface area contributed by atoms with E-state index in [1.165, 1.54) is 0 Å². The number of fused-ring (bicyclic) bond motifs is 2. The van der Waals surface area contributed by atoms with E-state index in [9.17, 15) is 10.2 Å². The highest BCUT2D eigenvalue weighted by atomic mass is 16.5. The molecule has 0 fully saturated rings. The predicted octanol–water partition coefficient (Wildman–Crippen LogP) is 7.24. The van der Waals surface area contributed by atoms with Crippen molar-refractivity contribution in [3.05, 3.63) is 45.5 Å². The minimum atomic E-state index is -0.326. The third kappa shape index (κ3) is 5.85. The summed E-state index contributed by atoms with van der Waals surface area (Å²) in [6.45, 7) is 8.04. The Balaban J connectivity index is 2.42. The molecule has 0 aliphatic rings. The van der Waals surface area contributed by atoms with Crippen LogP contribution < -0.4 is 28.4 Å². The van der Waals surface area contributed by atoms with E-state index in [1.807, 2.05) is 12.1 Å². The highest BCUT2D eigenvalue weighted by Crippen LogP contribution is 2.56. The zero-order valence-electron chi connectivity index (χ0n) is 30.3. The molecule has 0 bridgehead atoms. The molecule has 0 radical (unpaired) electrons. The molecule has 10 nitrogen and oxygen atoms in total. The molecule has 0 aliphatic heterocycles. The lowest BCUT2D eigenvalue weighted by Gasteiger charge is -2.28. The SMILES string of the molecule is COCc1c(OC)c(OC)c(C(C)C)c2cc(CO)c(-c3c(CO)cc4c(C(C)C)c(OC)c(OC)c(COC)c4c3OC)c(OC)c12. The van der Waals surface area contributed by atoms with Gasteiger partial charge in [-0.25, -0.2) is 0 Å². The average Bonchev–Trinajstić information content (AvgIpc) is 3.08. The van der Waals surface area contributed by atoms with Crippen molar-refractivity contribution in [3.8, 4) is 45.6 Å². The van der Waals surface area contributed by atoms with Crippen molar-refractivity contribution in [2.75, 3.05) is 56.9 Å². The summed E-state index contributed by atoms with van der Waals surface area (Å²) < 4.78 is 47.9. The van der Waals surface area contributed by atoms with E-state index in [-0.39, 0.29) is 38.3 Å². The number of hydrogen-bond acceptors (Lipinski definition) is 10. The number of ether oxygens (including phenoxy) is 8. The molecular weight excluding hydrogens is 616 g/mol. The van der Waals surface area contributed by atoms with E-state index < -0.39 is 0 Å². The zero-order chi connectivity index (χ0) is 35.4. The number of aliphatic hydroxyl groups is 2. The molecule has 2 N–H and O–H groups in total. The topological polar surface area (TPSA) is 114 Å². The number of rotatable bonds is 15. The van der Waals surface area contributed by atoms with Crippen molar-refractivity contribution >= 4 is 21.5 Å². The maximum Gasteiger partial charge on any atom is 0.167 e. The van der Waals surface area contributed by atoms with E-state index in [1.54, 1.807) is 56.9 Å². The van der Waals surface area contributed by atoms with Gasteiger partial charge in [0.25, 0.3) is 0 Å². The number of aliphatic hydroxyl groups excluding tert-OH is 2. The van der Waals surface area contributed by atoms with Gasteiger partial charge in [0.1, 0.15) is 11.5 Å². The molecule has 0 aliphatic carbocycles. The van der Waals surface area contributed by atoms with Crippen LogP contribution in [-0.2, 0) is 35.9 Å². The summed E-state index contributed by atoms with van der Waals surface area (Å²) in [4.78, 5) is 0. The molecule has 4 rings (SSSR count). The summed E-state index contributed by atoms with van der Waals surface area (Å²) in [6.07, 6.45) is 0. The first kappa shape index (κ1) is 36.9. The van der Waals surface area contributed by atoms with E-state index in [0.29, 0.717) is 56.8 Å². The third-order valence-electron chi connectivity index (χ3n) is 8.91. The van der Waals surface area contributed by atoms with Crippen molar-refractivity contribution in [1.82, 2.24) is 0 Å². The van der Waals surface area contributed by atoms with Gasteiger partial charge in [-0.05, 0) is 45.9 Å². The molecule has 0 amide bonds. The fraction of sp³-hybridized carbons (Fsp3) is 0.474. The molecule has 48 heavy (non-hydrogen) atoms. The molecule has 0 saturated carbocycles. The van der Waals surface area contributed by atoms with Crippen molar-refractivity contribution in [1.29, 1.82) is 0 Å². The lowest BCUT2D eigenvalue weighted by molar-refractivity contribution is 0.181. The van der Waals surface area contributed by atoms with Crippen LogP contribution in [0.5, 0.6) is 34.5 Å². The van der Waals surface area contributed by atoms with Crippen LogP contribution >= 0.6 is 0 Å². The van der Waals surface area contributed by atoms with E-state index >= 15 is 0 Å². The Hall–Kier alpha value is -3.96. The van der Waals surface area contributed by atoms with Crippen LogP contribution in [0, 0.1) is 0 Å². The van der Waals surface area contributed by atoms with Crippen molar-refractivity contribution < 1.29 is 48.1 Å². The molecule has 4 aromatic rings. The fourth-order valence-corrected chi connectivity index (χ4v) is 7.19. The van der Waals surface area contributed by atoms with Crippen LogP contribution in [0.15, 0.2) is 12.1 Å². The molecule has 4 aromatic carbocycles. The molecule has 0 saturated heterocycles. The molecule has 0 spiro atoms. The number of methoxy groups -OCH3 is 8. The van der Waals surface area contributed by atoms with Gasteiger partial charge in [0.05, 0.1) is 69.1 Å². The van der Waals surface area contributed by atoms with Crippen molar-refractivity contribution in [2.24, 2.45) is 0 Å². The highest BCUT2D eigenvalue weighted by Gasteiger charge is 2.33. The number of hydrogen-bond donors (Lipinski definition) is 2. The Morgan fingerprint density at radius 3 is 1.02 bits per heavy atom. The van der Waals surface area contributed by atoms with Crippen LogP contribution in [0.25, 0.3) is 32.7 Å². The van der Waals surface area contributed by atoms with Gasteiger partial charge in [0, 0.05) is 58.4 Å². The lowest BCUT2D eigenvalue weighted by atomic mass is 9.82. The van der Waals surface area contributed by atoms with Crippen molar-refractivity contribution in [2.45, 2.75) is 66.0 Å². The summed E-state index contributed by atoms with van der Waals surface area (Å²) in [7, 11) is 12.9. The summed E-state index contributed by atoms with van der Waals surface area (Å²) in [6, 6.07) is 3.91. The van der Waals surface area contributed by atoms with Crippen LogP contribution in [-0.4, -0.2) is 67.1 Å². The Bertz CT molecular complexity index is 1660. The molecule has 262 valence electrons. The predicted molar refractivity (Wildman–Crippen MR) is 188 cm³/mol. The summed E-state index contributed by atoms with van der Waals surface area (Å²) >= 11 is 0. The second-order valence-corrected chi connectivity index (χ2v) is 12.1. The zero-order valence-corrected chi connectivity index (χ0v) is 30.3. The van der Waals surface area contributed by atoms with Crippen LogP contribution in [0.4, 0.5) is 0 Å². The third-order valence-corrected chi connectivity index (χ3v) is 8.91. The normalized spacial score (nSPS) is 11.6. The van der Waals surface area contributed by atoms with Gasteiger partial charge in [-0.15, -0.1) is 0 Å². The molecule has 0 unspecified atom stereocenters.